The molecule has 3 nitrogen and oxygen atoms in total. The first-order valence-corrected chi connectivity index (χ1v) is 8.88. The van der Waals surface area contributed by atoms with Crippen molar-refractivity contribution in [2.45, 2.75) is 43.7 Å². The average Bonchev–Trinajstić information content (AvgIpc) is 2.99. The maximum absolute atomic E-state index is 12.4. The minimum Gasteiger partial charge on any atom is -0.354 e. The SMILES string of the molecule is CC(C)C(SCc1ccccc1)C(=O)NCC1CCCN1.Cl. The van der Waals surface area contributed by atoms with Crippen LogP contribution in [-0.2, 0) is 10.5 Å². The molecule has 1 aromatic rings. The second-order valence-corrected chi connectivity index (χ2v) is 7.13. The minimum atomic E-state index is 0. The first-order chi connectivity index (χ1) is 10.2. The molecule has 1 saturated heterocycles. The summed E-state index contributed by atoms with van der Waals surface area (Å²) in [4.78, 5) is 12.4. The normalized spacial score (nSPS) is 18.8. The summed E-state index contributed by atoms with van der Waals surface area (Å²) >= 11 is 1.74. The Morgan fingerprint density at radius 1 is 1.36 bits per heavy atom. The summed E-state index contributed by atoms with van der Waals surface area (Å²) < 4.78 is 0. The molecule has 2 unspecified atom stereocenters. The molecule has 0 bridgehead atoms. The van der Waals surface area contributed by atoms with E-state index in [4.69, 9.17) is 0 Å². The predicted octanol–water partition coefficient (Wildman–Crippen LogP) is 3.23. The lowest BCUT2D eigenvalue weighted by atomic mass is 10.1. The molecule has 1 amide bonds. The molecule has 22 heavy (non-hydrogen) atoms. The number of hydrogen-bond donors (Lipinski definition) is 2. The van der Waals surface area contributed by atoms with Crippen molar-refractivity contribution in [3.63, 3.8) is 0 Å². The highest BCUT2D eigenvalue weighted by Crippen LogP contribution is 2.24. The van der Waals surface area contributed by atoms with Gasteiger partial charge in [0.1, 0.15) is 0 Å². The summed E-state index contributed by atoms with van der Waals surface area (Å²) in [6.07, 6.45) is 2.39. The average molecular weight is 343 g/mol. The Balaban J connectivity index is 0.00000242. The molecule has 1 aliphatic rings. The Labute approximate surface area is 144 Å². The van der Waals surface area contributed by atoms with Crippen molar-refractivity contribution in [3.8, 4) is 0 Å². The highest BCUT2D eigenvalue weighted by atomic mass is 35.5. The number of carbonyl (C=O) groups is 1. The van der Waals surface area contributed by atoms with Crippen molar-refractivity contribution in [2.75, 3.05) is 13.1 Å². The van der Waals surface area contributed by atoms with E-state index >= 15 is 0 Å². The van der Waals surface area contributed by atoms with Crippen LogP contribution in [0.25, 0.3) is 0 Å². The van der Waals surface area contributed by atoms with E-state index in [2.05, 4.69) is 36.6 Å². The fourth-order valence-electron chi connectivity index (χ4n) is 2.59. The van der Waals surface area contributed by atoms with Crippen LogP contribution in [0.2, 0.25) is 0 Å². The summed E-state index contributed by atoms with van der Waals surface area (Å²) in [5, 5.41) is 6.56. The van der Waals surface area contributed by atoms with Crippen molar-refractivity contribution in [3.05, 3.63) is 35.9 Å². The van der Waals surface area contributed by atoms with Crippen molar-refractivity contribution >= 4 is 30.1 Å². The van der Waals surface area contributed by atoms with Gasteiger partial charge in [-0.3, -0.25) is 4.79 Å². The van der Waals surface area contributed by atoms with Crippen LogP contribution in [0.3, 0.4) is 0 Å². The van der Waals surface area contributed by atoms with Gasteiger partial charge in [-0.2, -0.15) is 0 Å². The van der Waals surface area contributed by atoms with Crippen LogP contribution in [-0.4, -0.2) is 30.3 Å². The van der Waals surface area contributed by atoms with Crippen LogP contribution in [0, 0.1) is 5.92 Å². The van der Waals surface area contributed by atoms with Gasteiger partial charge < -0.3 is 10.6 Å². The van der Waals surface area contributed by atoms with Crippen molar-refractivity contribution in [1.29, 1.82) is 0 Å². The van der Waals surface area contributed by atoms with Crippen LogP contribution in [0.1, 0.15) is 32.3 Å². The molecule has 5 heteroatoms. The zero-order chi connectivity index (χ0) is 15.1. The number of benzene rings is 1. The largest absolute Gasteiger partial charge is 0.354 e. The van der Waals surface area contributed by atoms with E-state index < -0.39 is 0 Å². The van der Waals surface area contributed by atoms with Crippen LogP contribution in [0.5, 0.6) is 0 Å². The van der Waals surface area contributed by atoms with Gasteiger partial charge in [0.2, 0.25) is 5.91 Å². The third-order valence-electron chi connectivity index (χ3n) is 3.82. The summed E-state index contributed by atoms with van der Waals surface area (Å²) in [6, 6.07) is 10.8. The molecule has 0 aliphatic carbocycles. The Kier molecular flexibility index (Phi) is 8.91. The monoisotopic (exact) mass is 342 g/mol. The Bertz CT molecular complexity index is 436. The quantitative estimate of drug-likeness (QED) is 0.799. The number of thioether (sulfide) groups is 1. The molecule has 1 fully saturated rings. The summed E-state index contributed by atoms with van der Waals surface area (Å²) in [5.41, 5.74) is 1.28. The smallest absolute Gasteiger partial charge is 0.233 e. The highest BCUT2D eigenvalue weighted by molar-refractivity contribution is 7.99. The standard InChI is InChI=1S/C17H26N2OS.ClH/c1-13(2)16(21-12-14-7-4-3-5-8-14)17(20)19-11-15-9-6-10-18-15;/h3-5,7-8,13,15-16,18H,6,9-12H2,1-2H3,(H,19,20);1H. The number of carbonyl (C=O) groups excluding carboxylic acids is 1. The Morgan fingerprint density at radius 2 is 2.09 bits per heavy atom. The van der Waals surface area contributed by atoms with Gasteiger partial charge in [-0.1, -0.05) is 44.2 Å². The van der Waals surface area contributed by atoms with Gasteiger partial charge in [0.05, 0.1) is 5.25 Å². The van der Waals surface area contributed by atoms with E-state index in [9.17, 15) is 4.79 Å². The number of hydrogen-bond acceptors (Lipinski definition) is 3. The van der Waals surface area contributed by atoms with Crippen molar-refractivity contribution in [1.82, 2.24) is 10.6 Å². The highest BCUT2D eigenvalue weighted by Gasteiger charge is 2.24. The Morgan fingerprint density at radius 3 is 2.68 bits per heavy atom. The first-order valence-electron chi connectivity index (χ1n) is 7.83. The van der Waals surface area contributed by atoms with E-state index in [1.54, 1.807) is 11.8 Å². The van der Waals surface area contributed by atoms with E-state index in [0.29, 0.717) is 12.0 Å². The van der Waals surface area contributed by atoms with E-state index in [1.165, 1.54) is 18.4 Å². The number of amides is 1. The molecule has 0 aromatic heterocycles. The summed E-state index contributed by atoms with van der Waals surface area (Å²) in [7, 11) is 0. The van der Waals surface area contributed by atoms with Gasteiger partial charge in [-0.25, -0.2) is 0 Å². The second-order valence-electron chi connectivity index (χ2n) is 6.00. The molecule has 2 rings (SSSR count). The first kappa shape index (κ1) is 19.3. The summed E-state index contributed by atoms with van der Waals surface area (Å²) in [5.74, 6) is 1.41. The molecule has 0 saturated carbocycles. The van der Waals surface area contributed by atoms with Crippen LogP contribution in [0.15, 0.2) is 30.3 Å². The molecule has 1 heterocycles. The molecule has 0 radical (unpaired) electrons. The maximum Gasteiger partial charge on any atom is 0.233 e. The third-order valence-corrected chi connectivity index (χ3v) is 5.44. The van der Waals surface area contributed by atoms with Gasteiger partial charge in [0.25, 0.3) is 0 Å². The molecule has 124 valence electrons. The van der Waals surface area contributed by atoms with Gasteiger partial charge in [-0.05, 0) is 30.9 Å². The van der Waals surface area contributed by atoms with E-state index in [-0.39, 0.29) is 23.6 Å². The fourth-order valence-corrected chi connectivity index (χ4v) is 3.77. The summed E-state index contributed by atoms with van der Waals surface area (Å²) in [6.45, 7) is 6.08. The zero-order valence-electron chi connectivity index (χ0n) is 13.4. The molecule has 0 spiro atoms. The molecular formula is C17H27ClN2OS. The van der Waals surface area contributed by atoms with Gasteiger partial charge in [0, 0.05) is 18.3 Å². The van der Waals surface area contributed by atoms with Crippen LogP contribution >= 0.6 is 24.2 Å². The molecular weight excluding hydrogens is 316 g/mol. The number of rotatable bonds is 7. The second kappa shape index (κ2) is 10.1. The minimum absolute atomic E-state index is 0. The van der Waals surface area contributed by atoms with Gasteiger partial charge in [0.15, 0.2) is 0 Å². The molecule has 2 atom stereocenters. The zero-order valence-corrected chi connectivity index (χ0v) is 15.0. The van der Waals surface area contributed by atoms with Crippen LogP contribution in [0.4, 0.5) is 0 Å². The lowest BCUT2D eigenvalue weighted by Crippen LogP contribution is -2.42. The van der Waals surface area contributed by atoms with Crippen molar-refractivity contribution < 1.29 is 4.79 Å². The topological polar surface area (TPSA) is 41.1 Å². The molecule has 1 aromatic carbocycles. The molecule has 1 aliphatic heterocycles. The van der Waals surface area contributed by atoms with E-state index in [1.807, 2.05) is 18.2 Å². The number of nitrogens with one attached hydrogen (secondary N) is 2. The lowest BCUT2D eigenvalue weighted by molar-refractivity contribution is -0.121. The number of halogens is 1. The van der Waals surface area contributed by atoms with Gasteiger partial charge in [-0.15, -0.1) is 24.2 Å². The lowest BCUT2D eigenvalue weighted by Gasteiger charge is -2.21. The maximum atomic E-state index is 12.4. The fraction of sp³-hybridized carbons (Fsp3) is 0.588. The Hall–Kier alpha value is -0.710. The van der Waals surface area contributed by atoms with Crippen LogP contribution < -0.4 is 10.6 Å². The van der Waals surface area contributed by atoms with Crippen molar-refractivity contribution in [2.24, 2.45) is 5.92 Å². The van der Waals surface area contributed by atoms with E-state index in [0.717, 1.165) is 18.8 Å². The predicted molar refractivity (Wildman–Crippen MR) is 97.6 cm³/mol. The third kappa shape index (κ3) is 6.19. The molecule has 2 N–H and O–H groups in total. The van der Waals surface area contributed by atoms with Gasteiger partial charge >= 0.3 is 0 Å².